The molecule has 3 aromatic carbocycles. The van der Waals surface area contributed by atoms with Crippen LogP contribution in [0.5, 0.6) is 0 Å². The maximum Gasteiger partial charge on any atom is 0.332 e. The number of aryl methyl sites for hydroxylation is 1. The normalized spacial score (nSPS) is 12.7. The Labute approximate surface area is 320 Å². The predicted octanol–water partition coefficient (Wildman–Crippen LogP) is 7.13. The molecule has 2 heterocycles. The monoisotopic (exact) mass is 765 g/mol. The van der Waals surface area contributed by atoms with Crippen molar-refractivity contribution in [1.29, 1.82) is 0 Å². The second kappa shape index (κ2) is 17.1. The van der Waals surface area contributed by atoms with Crippen LogP contribution in [0.2, 0.25) is 0 Å². The van der Waals surface area contributed by atoms with E-state index in [0.29, 0.717) is 28.3 Å². The van der Waals surface area contributed by atoms with E-state index in [-0.39, 0.29) is 6.42 Å². The second-order valence-electron chi connectivity index (χ2n) is 12.7. The van der Waals surface area contributed by atoms with Crippen molar-refractivity contribution in [3.63, 3.8) is 0 Å². The number of hydroxylamine groups is 2. The fourth-order valence-electron chi connectivity index (χ4n) is 5.91. The van der Waals surface area contributed by atoms with Crippen LogP contribution in [0, 0.1) is 6.92 Å². The minimum atomic E-state index is -0.681. The summed E-state index contributed by atoms with van der Waals surface area (Å²) in [5.74, 6) is -2.88. The van der Waals surface area contributed by atoms with Gasteiger partial charge in [0.1, 0.15) is 5.71 Å². The Hall–Kier alpha value is -6.48. The quantitative estimate of drug-likeness (QED) is 0.0772. The molecule has 0 bridgehead atoms. The summed E-state index contributed by atoms with van der Waals surface area (Å²) in [6.45, 7) is 11.6. The maximum atomic E-state index is 12.4. The van der Waals surface area contributed by atoms with Gasteiger partial charge in [-0.3, -0.25) is 9.59 Å². The maximum absolute atomic E-state index is 12.4. The van der Waals surface area contributed by atoms with Gasteiger partial charge in [-0.1, -0.05) is 39.7 Å². The lowest BCUT2D eigenvalue weighted by molar-refractivity contribution is -0.202. The number of amides is 1. The zero-order valence-electron chi connectivity index (χ0n) is 31.5. The molecule has 1 amide bonds. The summed E-state index contributed by atoms with van der Waals surface area (Å²) >= 11 is 1.47. The summed E-state index contributed by atoms with van der Waals surface area (Å²) in [6.07, 6.45) is 0.0576. The highest BCUT2D eigenvalue weighted by atomic mass is 32.1. The summed E-state index contributed by atoms with van der Waals surface area (Å²) in [4.78, 5) is 80.4. The number of hydrogen-bond acceptors (Lipinski definition) is 13. The summed E-state index contributed by atoms with van der Waals surface area (Å²) in [7, 11) is 0. The van der Waals surface area contributed by atoms with E-state index in [4.69, 9.17) is 19.4 Å². The van der Waals surface area contributed by atoms with Gasteiger partial charge in [0.25, 0.3) is 5.91 Å². The number of rotatable bonds is 11. The summed E-state index contributed by atoms with van der Waals surface area (Å²) in [5, 5.41) is 16.8. The Morgan fingerprint density at radius 3 is 1.78 bits per heavy atom. The van der Waals surface area contributed by atoms with Gasteiger partial charge >= 0.3 is 23.9 Å². The van der Waals surface area contributed by atoms with Gasteiger partial charge in [0, 0.05) is 68.6 Å². The zero-order valence-corrected chi connectivity index (χ0v) is 32.3. The Bertz CT molecular complexity index is 2410. The zero-order chi connectivity index (χ0) is 40.0. The van der Waals surface area contributed by atoms with Gasteiger partial charge in [0.05, 0.1) is 33.4 Å². The summed E-state index contributed by atoms with van der Waals surface area (Å²) in [6, 6.07) is 20.3. The van der Waals surface area contributed by atoms with E-state index in [0.717, 1.165) is 48.6 Å². The molecule has 14 nitrogen and oxygen atoms in total. The highest BCUT2D eigenvalue weighted by Gasteiger charge is 2.25. The molecule has 15 heteroatoms. The molecule has 284 valence electrons. The van der Waals surface area contributed by atoms with Crippen molar-refractivity contribution in [2.45, 2.75) is 67.9 Å². The molecule has 0 spiro atoms. The molecular formula is C40H39N5O9S. The lowest BCUT2D eigenvalue weighted by Crippen LogP contribution is -2.39. The lowest BCUT2D eigenvalue weighted by atomic mass is 9.99. The van der Waals surface area contributed by atoms with Crippen molar-refractivity contribution in [3.8, 4) is 5.69 Å². The number of fused-ring (bicyclic) bond motifs is 3. The van der Waals surface area contributed by atoms with Crippen LogP contribution >= 0.6 is 11.3 Å². The molecule has 0 saturated carbocycles. The molecular weight excluding hydrogens is 727 g/mol. The molecule has 0 radical (unpaired) electrons. The minimum Gasteiger partial charge on any atom is -0.338 e. The number of hydrogen-bond donors (Lipinski definition) is 0. The Morgan fingerprint density at radius 1 is 0.691 bits per heavy atom. The lowest BCUT2D eigenvalue weighted by Gasteiger charge is -2.26. The van der Waals surface area contributed by atoms with Crippen molar-refractivity contribution < 1.29 is 43.3 Å². The summed E-state index contributed by atoms with van der Waals surface area (Å²) < 4.78 is 2.07. The Kier molecular flexibility index (Phi) is 12.4. The Morgan fingerprint density at radius 2 is 1.24 bits per heavy atom. The number of nitrogens with zero attached hydrogens (tertiary/aromatic N) is 5. The number of oxime groups is 3. The van der Waals surface area contributed by atoms with Crippen LogP contribution in [-0.4, -0.2) is 62.6 Å². The number of carbonyl (C=O) groups excluding carboxylic acids is 5. The first kappa shape index (κ1) is 39.7. The number of benzene rings is 3. The molecule has 5 rings (SSSR count). The molecule has 0 N–H and O–H groups in total. The highest BCUT2D eigenvalue weighted by molar-refractivity contribution is 7.12. The van der Waals surface area contributed by atoms with E-state index >= 15 is 0 Å². The van der Waals surface area contributed by atoms with Gasteiger partial charge in [0.15, 0.2) is 0 Å². The second-order valence-corrected chi connectivity index (χ2v) is 13.6. The minimum absolute atomic E-state index is 0.0576. The van der Waals surface area contributed by atoms with Gasteiger partial charge < -0.3 is 23.9 Å². The van der Waals surface area contributed by atoms with Crippen LogP contribution in [0.15, 0.2) is 87.6 Å². The third-order valence-electron chi connectivity index (χ3n) is 8.28. The first-order valence-electron chi connectivity index (χ1n) is 17.1. The molecule has 0 saturated heterocycles. The Balaban J connectivity index is 1.73. The van der Waals surface area contributed by atoms with Crippen molar-refractivity contribution in [1.82, 2.24) is 9.63 Å². The van der Waals surface area contributed by atoms with E-state index in [9.17, 15) is 24.0 Å². The SMILES string of the molecule is CC(=O)ON=C(C)c1ccc(-n2c3ccc(C(CC(C)N(OC(C)=O)C(C)=O)=NOC(C)=O)cc3c3cc(C(=NOC(C)=O)c4sccc4C)ccc32)cc1. The van der Waals surface area contributed by atoms with Crippen LogP contribution < -0.4 is 0 Å². The highest BCUT2D eigenvalue weighted by Crippen LogP contribution is 2.35. The molecule has 2 aromatic heterocycles. The van der Waals surface area contributed by atoms with Crippen molar-refractivity contribution in [2.24, 2.45) is 15.5 Å². The van der Waals surface area contributed by atoms with Gasteiger partial charge in [-0.15, -0.1) is 11.3 Å². The van der Waals surface area contributed by atoms with Gasteiger partial charge in [0.2, 0.25) is 0 Å². The largest absolute Gasteiger partial charge is 0.338 e. The fourth-order valence-corrected chi connectivity index (χ4v) is 6.84. The number of aromatic nitrogens is 1. The van der Waals surface area contributed by atoms with E-state index < -0.39 is 35.8 Å². The van der Waals surface area contributed by atoms with Crippen LogP contribution in [-0.2, 0) is 43.3 Å². The van der Waals surface area contributed by atoms with Gasteiger partial charge in [-0.2, -0.15) is 5.06 Å². The average molecular weight is 766 g/mol. The van der Waals surface area contributed by atoms with E-state index in [1.165, 1.54) is 46.0 Å². The van der Waals surface area contributed by atoms with Crippen LogP contribution in [0.4, 0.5) is 0 Å². The molecule has 55 heavy (non-hydrogen) atoms. The molecule has 0 fully saturated rings. The van der Waals surface area contributed by atoms with E-state index in [1.54, 1.807) is 13.8 Å². The summed E-state index contributed by atoms with van der Waals surface area (Å²) in [5.41, 5.74) is 6.75. The van der Waals surface area contributed by atoms with Crippen molar-refractivity contribution in [2.75, 3.05) is 0 Å². The van der Waals surface area contributed by atoms with Crippen LogP contribution in [0.1, 0.15) is 82.0 Å². The van der Waals surface area contributed by atoms with E-state index in [1.807, 2.05) is 79.0 Å². The topological polar surface area (TPSA) is 168 Å². The van der Waals surface area contributed by atoms with Crippen LogP contribution in [0.3, 0.4) is 0 Å². The molecule has 0 aliphatic heterocycles. The standard InChI is InChI=1S/C40H39N5O9S/c1-22-17-18-55-40(22)39(43-53-28(7)49)32-12-16-38-35(21-32)34-20-31(36(42-52-27(6)48)19-23(2)45(25(4)46)54-29(8)50)11-15-37(34)44(38)33-13-9-30(10-14-33)24(3)41-51-26(5)47/h9-18,20-21,23H,19H2,1-8H3. The first-order valence-corrected chi connectivity index (χ1v) is 18.0. The third kappa shape index (κ3) is 9.37. The predicted molar refractivity (Wildman–Crippen MR) is 208 cm³/mol. The number of carbonyl (C=O) groups is 5. The molecule has 0 aliphatic rings. The first-order chi connectivity index (χ1) is 26.1. The van der Waals surface area contributed by atoms with Gasteiger partial charge in [-0.05, 0) is 79.7 Å². The van der Waals surface area contributed by atoms with Crippen molar-refractivity contribution in [3.05, 3.63) is 99.2 Å². The van der Waals surface area contributed by atoms with Crippen molar-refractivity contribution >= 4 is 80.1 Å². The molecule has 5 aromatic rings. The van der Waals surface area contributed by atoms with E-state index in [2.05, 4.69) is 20.0 Å². The molecule has 1 unspecified atom stereocenters. The molecule has 1 atom stereocenters. The fraction of sp³-hybridized carbons (Fsp3) is 0.250. The third-order valence-corrected chi connectivity index (χ3v) is 9.30. The smallest absolute Gasteiger partial charge is 0.332 e. The molecule has 0 aliphatic carbocycles. The average Bonchev–Trinajstić information content (AvgIpc) is 3.71. The van der Waals surface area contributed by atoms with Gasteiger partial charge in [-0.25, -0.2) is 14.4 Å². The number of thiophene rings is 1. The van der Waals surface area contributed by atoms with Crippen LogP contribution in [0.25, 0.3) is 27.5 Å².